The molecule has 1 saturated carbocycles. The van der Waals surface area contributed by atoms with Gasteiger partial charge in [0.05, 0.1) is 19.6 Å². The van der Waals surface area contributed by atoms with Crippen molar-refractivity contribution in [2.24, 2.45) is 0 Å². The number of carbonyl (C=O) groups excluding carboxylic acids is 1. The summed E-state index contributed by atoms with van der Waals surface area (Å²) >= 11 is 0. The Morgan fingerprint density at radius 1 is 1.38 bits per heavy atom. The Balaban J connectivity index is 2.08. The van der Waals surface area contributed by atoms with E-state index in [-0.39, 0.29) is 18.2 Å². The molecule has 0 heterocycles. The zero-order valence-electron chi connectivity index (χ0n) is 12.2. The van der Waals surface area contributed by atoms with Crippen LogP contribution >= 0.6 is 0 Å². The van der Waals surface area contributed by atoms with E-state index in [2.05, 4.69) is 5.32 Å². The SMILES string of the molecule is COC(=O)CC(NC1CCCC1)C(O)c1ccc(F)cc1. The van der Waals surface area contributed by atoms with Crippen LogP contribution in [0.5, 0.6) is 0 Å². The molecule has 5 heteroatoms. The average Bonchev–Trinajstić information content (AvgIpc) is 2.99. The first-order valence-electron chi connectivity index (χ1n) is 7.36. The first-order valence-corrected chi connectivity index (χ1v) is 7.36. The third-order valence-corrected chi connectivity index (χ3v) is 4.01. The number of carbonyl (C=O) groups is 1. The maximum atomic E-state index is 13.0. The van der Waals surface area contributed by atoms with Crippen molar-refractivity contribution in [2.75, 3.05) is 7.11 Å². The molecular weight excluding hydrogens is 273 g/mol. The normalized spacial score (nSPS) is 18.4. The second-order valence-electron chi connectivity index (χ2n) is 5.53. The van der Waals surface area contributed by atoms with Crippen molar-refractivity contribution in [3.63, 3.8) is 0 Å². The summed E-state index contributed by atoms with van der Waals surface area (Å²) in [5.41, 5.74) is 0.593. The first kappa shape index (κ1) is 15.9. The van der Waals surface area contributed by atoms with Gasteiger partial charge in [-0.2, -0.15) is 0 Å². The molecule has 0 spiro atoms. The lowest BCUT2D eigenvalue weighted by Gasteiger charge is -2.27. The molecule has 2 N–H and O–H groups in total. The van der Waals surface area contributed by atoms with Gasteiger partial charge in [0.1, 0.15) is 5.82 Å². The Kier molecular flexibility index (Phi) is 5.70. The van der Waals surface area contributed by atoms with E-state index in [4.69, 9.17) is 4.74 Å². The molecule has 2 rings (SSSR count). The molecule has 1 aliphatic rings. The lowest BCUT2D eigenvalue weighted by atomic mass is 9.98. The fraction of sp³-hybridized carbons (Fsp3) is 0.562. The standard InChI is InChI=1S/C16H22FNO3/c1-21-15(19)10-14(18-13-4-2-3-5-13)16(20)11-6-8-12(17)9-7-11/h6-9,13-14,16,18,20H,2-5,10H2,1H3. The zero-order valence-corrected chi connectivity index (χ0v) is 12.2. The summed E-state index contributed by atoms with van der Waals surface area (Å²) in [5.74, 6) is -0.717. The minimum Gasteiger partial charge on any atom is -0.469 e. The molecule has 2 unspecified atom stereocenters. The molecule has 1 aromatic carbocycles. The van der Waals surface area contributed by atoms with E-state index in [0.717, 1.165) is 25.7 Å². The van der Waals surface area contributed by atoms with E-state index in [1.165, 1.54) is 19.2 Å². The second kappa shape index (κ2) is 7.52. The first-order chi connectivity index (χ1) is 10.1. The van der Waals surface area contributed by atoms with Crippen LogP contribution in [0.3, 0.4) is 0 Å². The molecular formula is C16H22FNO3. The van der Waals surface area contributed by atoms with Crippen LogP contribution in [-0.2, 0) is 9.53 Å². The van der Waals surface area contributed by atoms with Crippen molar-refractivity contribution in [3.05, 3.63) is 35.6 Å². The lowest BCUT2D eigenvalue weighted by molar-refractivity contribution is -0.142. The number of nitrogens with one attached hydrogen (secondary N) is 1. The van der Waals surface area contributed by atoms with E-state index in [1.54, 1.807) is 12.1 Å². The monoisotopic (exact) mass is 295 g/mol. The van der Waals surface area contributed by atoms with E-state index in [1.807, 2.05) is 0 Å². The number of rotatable bonds is 6. The summed E-state index contributed by atoms with van der Waals surface area (Å²) in [6.45, 7) is 0. The maximum Gasteiger partial charge on any atom is 0.307 e. The van der Waals surface area contributed by atoms with Gasteiger partial charge < -0.3 is 15.2 Å². The number of aliphatic hydroxyl groups is 1. The Morgan fingerprint density at radius 3 is 2.57 bits per heavy atom. The number of aliphatic hydroxyl groups excluding tert-OH is 1. The molecule has 2 atom stereocenters. The Hall–Kier alpha value is -1.46. The van der Waals surface area contributed by atoms with Crippen LogP contribution in [0.15, 0.2) is 24.3 Å². The molecule has 116 valence electrons. The van der Waals surface area contributed by atoms with Crippen molar-refractivity contribution < 1.29 is 19.0 Å². The number of benzene rings is 1. The summed E-state index contributed by atoms with van der Waals surface area (Å²) in [7, 11) is 1.33. The van der Waals surface area contributed by atoms with Gasteiger partial charge in [0.25, 0.3) is 0 Å². The van der Waals surface area contributed by atoms with Gasteiger partial charge in [-0.25, -0.2) is 4.39 Å². The number of methoxy groups -OCH3 is 1. The van der Waals surface area contributed by atoms with Crippen LogP contribution in [0.4, 0.5) is 4.39 Å². The van der Waals surface area contributed by atoms with Crippen LogP contribution in [0.2, 0.25) is 0 Å². The van der Waals surface area contributed by atoms with Crippen molar-refractivity contribution in [1.29, 1.82) is 0 Å². The Morgan fingerprint density at radius 2 is 2.00 bits per heavy atom. The number of esters is 1. The number of hydrogen-bond donors (Lipinski definition) is 2. The molecule has 0 bridgehead atoms. The fourth-order valence-electron chi connectivity index (χ4n) is 2.81. The van der Waals surface area contributed by atoms with Gasteiger partial charge in [-0.15, -0.1) is 0 Å². The minimum absolute atomic E-state index is 0.0888. The van der Waals surface area contributed by atoms with E-state index >= 15 is 0 Å². The van der Waals surface area contributed by atoms with Crippen molar-refractivity contribution in [3.8, 4) is 0 Å². The van der Waals surface area contributed by atoms with Gasteiger partial charge in [0.2, 0.25) is 0 Å². The molecule has 0 amide bonds. The van der Waals surface area contributed by atoms with Gasteiger partial charge in [-0.05, 0) is 30.5 Å². The molecule has 21 heavy (non-hydrogen) atoms. The van der Waals surface area contributed by atoms with Gasteiger partial charge in [0, 0.05) is 12.1 Å². The molecule has 0 saturated heterocycles. The Bertz CT molecular complexity index is 457. The number of halogens is 1. The molecule has 1 aromatic rings. The third-order valence-electron chi connectivity index (χ3n) is 4.01. The molecule has 0 aromatic heterocycles. The lowest BCUT2D eigenvalue weighted by Crippen LogP contribution is -2.42. The van der Waals surface area contributed by atoms with Crippen LogP contribution in [0.25, 0.3) is 0 Å². The largest absolute Gasteiger partial charge is 0.469 e. The Labute approximate surface area is 124 Å². The zero-order chi connectivity index (χ0) is 15.2. The minimum atomic E-state index is -0.870. The molecule has 0 aliphatic heterocycles. The second-order valence-corrected chi connectivity index (χ2v) is 5.53. The highest BCUT2D eigenvalue weighted by Crippen LogP contribution is 2.24. The highest BCUT2D eigenvalue weighted by atomic mass is 19.1. The summed E-state index contributed by atoms with van der Waals surface area (Å²) in [6, 6.07) is 5.59. The van der Waals surface area contributed by atoms with Crippen molar-refractivity contribution in [2.45, 2.75) is 50.3 Å². The maximum absolute atomic E-state index is 13.0. The van der Waals surface area contributed by atoms with Gasteiger partial charge in [0.15, 0.2) is 0 Å². The van der Waals surface area contributed by atoms with E-state index < -0.39 is 12.1 Å². The van der Waals surface area contributed by atoms with Crippen molar-refractivity contribution in [1.82, 2.24) is 5.32 Å². The highest BCUT2D eigenvalue weighted by molar-refractivity contribution is 5.70. The predicted octanol–water partition coefficient (Wildman–Crippen LogP) is 2.32. The topological polar surface area (TPSA) is 58.6 Å². The smallest absolute Gasteiger partial charge is 0.307 e. The van der Waals surface area contributed by atoms with Crippen molar-refractivity contribution >= 4 is 5.97 Å². The molecule has 1 aliphatic carbocycles. The molecule has 4 nitrogen and oxygen atoms in total. The van der Waals surface area contributed by atoms with Crippen LogP contribution in [0, 0.1) is 5.82 Å². The quantitative estimate of drug-likeness (QED) is 0.791. The fourth-order valence-corrected chi connectivity index (χ4v) is 2.81. The summed E-state index contributed by atoms with van der Waals surface area (Å²) in [5, 5.41) is 13.8. The molecule has 1 fully saturated rings. The van der Waals surface area contributed by atoms with Crippen LogP contribution < -0.4 is 5.32 Å². The van der Waals surface area contributed by atoms with Gasteiger partial charge in [-0.3, -0.25) is 4.79 Å². The summed E-state index contributed by atoms with van der Waals surface area (Å²) < 4.78 is 17.7. The van der Waals surface area contributed by atoms with Gasteiger partial charge >= 0.3 is 5.97 Å². The van der Waals surface area contributed by atoms with E-state index in [0.29, 0.717) is 11.6 Å². The average molecular weight is 295 g/mol. The number of hydrogen-bond acceptors (Lipinski definition) is 4. The molecule has 0 radical (unpaired) electrons. The van der Waals surface area contributed by atoms with Gasteiger partial charge in [-0.1, -0.05) is 25.0 Å². The third kappa shape index (κ3) is 4.51. The van der Waals surface area contributed by atoms with E-state index in [9.17, 15) is 14.3 Å². The van der Waals surface area contributed by atoms with Crippen LogP contribution in [0.1, 0.15) is 43.8 Å². The summed E-state index contributed by atoms with van der Waals surface area (Å²) in [6.07, 6.45) is 3.64. The van der Waals surface area contributed by atoms with Crippen LogP contribution in [-0.4, -0.2) is 30.3 Å². The summed E-state index contributed by atoms with van der Waals surface area (Å²) in [4.78, 5) is 11.6. The highest BCUT2D eigenvalue weighted by Gasteiger charge is 2.27. The predicted molar refractivity (Wildman–Crippen MR) is 77.2 cm³/mol. The number of ether oxygens (including phenoxy) is 1.